The zero-order valence-corrected chi connectivity index (χ0v) is 24.6. The molecule has 3 aromatic rings. The van der Waals surface area contributed by atoms with Gasteiger partial charge < -0.3 is 25.0 Å². The predicted molar refractivity (Wildman–Crippen MR) is 152 cm³/mol. The number of nitrogens with one attached hydrogen (secondary N) is 2. The summed E-state index contributed by atoms with van der Waals surface area (Å²) in [5, 5.41) is 24.9. The maximum Gasteiger partial charge on any atom is 0.424 e. The monoisotopic (exact) mass is 639 g/mol. The van der Waals surface area contributed by atoms with Gasteiger partial charge in [0.15, 0.2) is 11.5 Å². The molecule has 1 aliphatic carbocycles. The van der Waals surface area contributed by atoms with Crippen LogP contribution in [0.15, 0.2) is 48.5 Å². The van der Waals surface area contributed by atoms with E-state index >= 15 is 0 Å². The Hall–Kier alpha value is -3.94. The smallest absolute Gasteiger partial charge is 0.424 e. The summed E-state index contributed by atoms with van der Waals surface area (Å²) in [6.07, 6.45) is -3.56. The maximum absolute atomic E-state index is 14.6. The molecule has 44 heavy (non-hydrogen) atoms. The Morgan fingerprint density at radius 2 is 1.77 bits per heavy atom. The minimum absolute atomic E-state index is 0.0359. The predicted octanol–water partition coefficient (Wildman–Crippen LogP) is 5.18. The molecule has 14 heteroatoms. The lowest BCUT2D eigenvalue weighted by Crippen LogP contribution is -2.52. The Morgan fingerprint density at radius 3 is 2.36 bits per heavy atom. The van der Waals surface area contributed by atoms with Gasteiger partial charge in [0.2, 0.25) is 5.60 Å². The van der Waals surface area contributed by atoms with Crippen molar-refractivity contribution in [3.63, 3.8) is 0 Å². The number of hydrogen-bond donors (Lipinski definition) is 4. The van der Waals surface area contributed by atoms with Gasteiger partial charge in [0, 0.05) is 16.7 Å². The summed E-state index contributed by atoms with van der Waals surface area (Å²) >= 11 is 5.91. The zero-order chi connectivity index (χ0) is 32.4. The first kappa shape index (κ1) is 33.0. The molecular formula is C30H30ClF4N3O6. The Labute approximate surface area is 255 Å². The van der Waals surface area contributed by atoms with Crippen molar-refractivity contribution in [2.45, 2.75) is 50.1 Å². The average Bonchev–Trinajstić information content (AvgIpc) is 3.79. The number of aliphatic hydroxyl groups is 1. The lowest BCUT2D eigenvalue weighted by atomic mass is 9.88. The average molecular weight is 640 g/mol. The molecule has 2 aromatic carbocycles. The number of halogens is 5. The van der Waals surface area contributed by atoms with Crippen LogP contribution in [0.25, 0.3) is 11.3 Å². The molecule has 0 bridgehead atoms. The van der Waals surface area contributed by atoms with Crippen molar-refractivity contribution in [3.8, 4) is 22.8 Å². The van der Waals surface area contributed by atoms with E-state index in [9.17, 15) is 32.3 Å². The molecule has 1 unspecified atom stereocenters. The number of hydrogen-bond acceptors (Lipinski definition) is 7. The highest BCUT2D eigenvalue weighted by Gasteiger charge is 2.56. The second kappa shape index (κ2) is 12.6. The Morgan fingerprint density at radius 1 is 1.07 bits per heavy atom. The minimum atomic E-state index is -5.35. The molecule has 1 amide bonds. The van der Waals surface area contributed by atoms with E-state index in [0.29, 0.717) is 5.75 Å². The molecule has 4 rings (SSSR count). The van der Waals surface area contributed by atoms with Crippen molar-refractivity contribution in [3.05, 3.63) is 76.2 Å². The third kappa shape index (κ3) is 7.40. The van der Waals surface area contributed by atoms with E-state index in [-0.39, 0.29) is 39.3 Å². The van der Waals surface area contributed by atoms with Gasteiger partial charge in [0.05, 0.1) is 42.7 Å². The van der Waals surface area contributed by atoms with Gasteiger partial charge in [-0.3, -0.25) is 14.9 Å². The molecular weight excluding hydrogens is 610 g/mol. The molecule has 1 atom stereocenters. The topological polar surface area (TPSA) is 130 Å². The number of alkyl halides is 3. The number of ether oxygens (including phenoxy) is 2. The van der Waals surface area contributed by atoms with Crippen molar-refractivity contribution in [2.24, 2.45) is 0 Å². The lowest BCUT2D eigenvalue weighted by molar-refractivity contribution is -0.265. The van der Waals surface area contributed by atoms with Crippen LogP contribution in [0.2, 0.25) is 5.02 Å². The largest absolute Gasteiger partial charge is 0.493 e. The second-order valence-electron chi connectivity index (χ2n) is 10.9. The summed E-state index contributed by atoms with van der Waals surface area (Å²) in [6.45, 7) is 1.18. The van der Waals surface area contributed by atoms with Crippen LogP contribution in [-0.2, 0) is 15.9 Å². The van der Waals surface area contributed by atoms with Gasteiger partial charge in [0.25, 0.3) is 5.91 Å². The van der Waals surface area contributed by atoms with Crippen LogP contribution in [-0.4, -0.2) is 59.6 Å². The van der Waals surface area contributed by atoms with E-state index in [1.165, 1.54) is 51.3 Å². The molecule has 4 N–H and O–H groups in total. The molecule has 0 saturated heterocycles. The highest BCUT2D eigenvalue weighted by Crippen LogP contribution is 2.41. The molecule has 1 aliphatic rings. The van der Waals surface area contributed by atoms with E-state index in [2.05, 4.69) is 15.6 Å². The number of rotatable bonds is 12. The summed E-state index contributed by atoms with van der Waals surface area (Å²) in [5.74, 6) is -2.32. The normalized spacial score (nSPS) is 14.9. The number of amides is 1. The van der Waals surface area contributed by atoms with Crippen molar-refractivity contribution in [1.82, 2.24) is 15.6 Å². The summed E-state index contributed by atoms with van der Waals surface area (Å²) in [7, 11) is 1.36. The maximum atomic E-state index is 14.6. The minimum Gasteiger partial charge on any atom is -0.493 e. The number of carboxylic acid groups (broad SMARTS) is 1. The first-order valence-electron chi connectivity index (χ1n) is 13.4. The van der Waals surface area contributed by atoms with Crippen molar-refractivity contribution in [1.29, 1.82) is 0 Å². The van der Waals surface area contributed by atoms with Crippen LogP contribution < -0.4 is 20.1 Å². The number of aromatic nitrogens is 1. The fourth-order valence-electron chi connectivity index (χ4n) is 4.22. The number of carboxylic acids is 1. The van der Waals surface area contributed by atoms with Crippen molar-refractivity contribution in [2.75, 3.05) is 20.2 Å². The number of aliphatic carboxylic acids is 1. The van der Waals surface area contributed by atoms with Crippen LogP contribution in [0.1, 0.15) is 48.3 Å². The van der Waals surface area contributed by atoms with Gasteiger partial charge in [-0.05, 0) is 80.8 Å². The summed E-state index contributed by atoms with van der Waals surface area (Å²) < 4.78 is 68.7. The summed E-state index contributed by atoms with van der Waals surface area (Å²) in [6, 6.07) is 9.88. The van der Waals surface area contributed by atoms with Crippen LogP contribution in [0, 0.1) is 5.82 Å². The highest BCUT2D eigenvalue weighted by atomic mass is 35.5. The fraction of sp³-hybridized carbons (Fsp3) is 0.367. The lowest BCUT2D eigenvalue weighted by Gasteiger charge is -2.33. The molecule has 1 fully saturated rings. The van der Waals surface area contributed by atoms with Gasteiger partial charge in [-0.25, -0.2) is 9.37 Å². The zero-order valence-electron chi connectivity index (χ0n) is 23.9. The Kier molecular flexibility index (Phi) is 9.43. The number of pyridine rings is 1. The van der Waals surface area contributed by atoms with Gasteiger partial charge >= 0.3 is 12.1 Å². The highest BCUT2D eigenvalue weighted by molar-refractivity contribution is 6.31. The number of benzene rings is 2. The molecule has 1 aromatic heterocycles. The van der Waals surface area contributed by atoms with Crippen molar-refractivity contribution >= 4 is 23.5 Å². The first-order valence-corrected chi connectivity index (χ1v) is 13.8. The third-order valence-electron chi connectivity index (χ3n) is 7.09. The third-order valence-corrected chi connectivity index (χ3v) is 7.37. The number of methoxy groups -OCH3 is 1. The van der Waals surface area contributed by atoms with Gasteiger partial charge in [0.1, 0.15) is 5.82 Å². The van der Waals surface area contributed by atoms with Crippen LogP contribution >= 0.6 is 11.6 Å². The van der Waals surface area contributed by atoms with E-state index in [4.69, 9.17) is 26.2 Å². The van der Waals surface area contributed by atoms with Gasteiger partial charge in [-0.2, -0.15) is 13.2 Å². The van der Waals surface area contributed by atoms with Crippen LogP contribution in [0.4, 0.5) is 17.6 Å². The Bertz CT molecular complexity index is 1560. The number of carbonyl (C=O) groups excluding carboxylic acids is 1. The van der Waals surface area contributed by atoms with E-state index < -0.39 is 53.8 Å². The summed E-state index contributed by atoms with van der Waals surface area (Å²) in [4.78, 5) is 28.2. The molecule has 0 aliphatic heterocycles. The number of nitrogens with zero attached hydrogens (tertiary/aromatic N) is 1. The number of carbonyl (C=O) groups is 2. The van der Waals surface area contributed by atoms with Crippen LogP contribution in [0.5, 0.6) is 11.5 Å². The van der Waals surface area contributed by atoms with Crippen LogP contribution in [0.3, 0.4) is 0 Å². The van der Waals surface area contributed by atoms with E-state index in [1.54, 1.807) is 0 Å². The quantitative estimate of drug-likeness (QED) is 0.200. The van der Waals surface area contributed by atoms with Gasteiger partial charge in [-0.15, -0.1) is 0 Å². The first-order chi connectivity index (χ1) is 20.5. The van der Waals surface area contributed by atoms with E-state index in [1.807, 2.05) is 0 Å². The SMILES string of the molecule is COc1cc(C(=O)NCC(O)(c2cc(C(C)(C)NCC(=O)O)cc(-c3ccc(F)c(Cl)c3)n2)C(F)(F)F)ccc1OC1CC1. The molecule has 9 nitrogen and oxygen atoms in total. The molecule has 236 valence electrons. The summed E-state index contributed by atoms with van der Waals surface area (Å²) in [5.41, 5.74) is -5.77. The fourth-order valence-corrected chi connectivity index (χ4v) is 4.40. The molecule has 0 radical (unpaired) electrons. The molecule has 1 heterocycles. The van der Waals surface area contributed by atoms with Gasteiger partial charge in [-0.1, -0.05) is 11.6 Å². The standard InChI is InChI=1S/C30H30ClF4N3O6/c1-28(2,37-14-26(39)40)18-12-22(16-4-8-21(32)20(31)10-16)38-25(13-18)29(42,30(33,34)35)15-36-27(41)17-5-9-23(24(11-17)43-3)44-19-6-7-19/h4-5,8-13,19,37,42H,6-7,14-15H2,1-3H3,(H,36,41)(H,39,40). The Balaban J connectivity index is 1.73. The molecule has 0 spiro atoms. The van der Waals surface area contributed by atoms with E-state index in [0.717, 1.165) is 31.0 Å². The second-order valence-corrected chi connectivity index (χ2v) is 11.3. The molecule has 1 saturated carbocycles. The van der Waals surface area contributed by atoms with Crippen molar-refractivity contribution < 1.29 is 46.8 Å².